The van der Waals surface area contributed by atoms with E-state index in [1.807, 2.05) is 19.1 Å². The number of furan rings is 1. The predicted octanol–water partition coefficient (Wildman–Crippen LogP) is 5.69. The summed E-state index contributed by atoms with van der Waals surface area (Å²) in [6.45, 7) is 2.05. The maximum Gasteiger partial charge on any atom is 0.293 e. The number of nitrogens with one attached hydrogen (secondary N) is 1. The standard InChI is InChI=1S/C23H19FN2O4S/c1-14-21(15-7-9-16(24)10-8-15)25-23(31-14)26-22(27)20-12-11-17(30-20)13-29-19-6-4-3-5-18(19)28-2/h3-12H,13H2,1-2H3,(H,25,26,27). The van der Waals surface area contributed by atoms with E-state index in [0.29, 0.717) is 28.1 Å². The molecule has 2 aromatic heterocycles. The Kier molecular flexibility index (Phi) is 5.99. The zero-order chi connectivity index (χ0) is 21.8. The second kappa shape index (κ2) is 9.01. The fourth-order valence-corrected chi connectivity index (χ4v) is 3.78. The Labute approximate surface area is 182 Å². The van der Waals surface area contributed by atoms with E-state index in [1.54, 1.807) is 43.5 Å². The molecule has 0 aliphatic heterocycles. The fraction of sp³-hybridized carbons (Fsp3) is 0.130. The van der Waals surface area contributed by atoms with Gasteiger partial charge in [0.15, 0.2) is 22.4 Å². The number of rotatable bonds is 7. The quantitative estimate of drug-likeness (QED) is 0.401. The van der Waals surface area contributed by atoms with Crippen LogP contribution in [0.1, 0.15) is 21.2 Å². The summed E-state index contributed by atoms with van der Waals surface area (Å²) in [5.74, 6) is 1.12. The van der Waals surface area contributed by atoms with E-state index in [1.165, 1.54) is 23.5 Å². The van der Waals surface area contributed by atoms with Crippen molar-refractivity contribution in [3.63, 3.8) is 0 Å². The van der Waals surface area contributed by atoms with Crippen molar-refractivity contribution in [2.75, 3.05) is 12.4 Å². The first-order valence-electron chi connectivity index (χ1n) is 9.42. The van der Waals surface area contributed by atoms with Gasteiger partial charge in [-0.25, -0.2) is 9.37 Å². The van der Waals surface area contributed by atoms with Crippen LogP contribution in [0.5, 0.6) is 11.5 Å². The first-order chi connectivity index (χ1) is 15.0. The first kappa shape index (κ1) is 20.6. The third-order valence-electron chi connectivity index (χ3n) is 4.46. The lowest BCUT2D eigenvalue weighted by Gasteiger charge is -2.08. The third-order valence-corrected chi connectivity index (χ3v) is 5.35. The second-order valence-electron chi connectivity index (χ2n) is 6.59. The zero-order valence-corrected chi connectivity index (χ0v) is 17.7. The van der Waals surface area contributed by atoms with Gasteiger partial charge in [0.25, 0.3) is 5.91 Å². The minimum absolute atomic E-state index is 0.148. The maximum atomic E-state index is 13.2. The molecule has 4 aromatic rings. The van der Waals surface area contributed by atoms with Gasteiger partial charge in [-0.3, -0.25) is 10.1 Å². The van der Waals surface area contributed by atoms with Gasteiger partial charge in [-0.05, 0) is 55.5 Å². The maximum absolute atomic E-state index is 13.2. The Morgan fingerprint density at radius 2 is 1.84 bits per heavy atom. The molecule has 0 saturated carbocycles. The van der Waals surface area contributed by atoms with E-state index in [4.69, 9.17) is 13.9 Å². The van der Waals surface area contributed by atoms with Crippen LogP contribution in [0.2, 0.25) is 0 Å². The number of thiazole rings is 1. The van der Waals surface area contributed by atoms with Gasteiger partial charge < -0.3 is 13.9 Å². The number of methoxy groups -OCH3 is 1. The van der Waals surface area contributed by atoms with Gasteiger partial charge in [-0.15, -0.1) is 11.3 Å². The van der Waals surface area contributed by atoms with Crippen molar-refractivity contribution in [1.29, 1.82) is 0 Å². The number of nitrogens with zero attached hydrogens (tertiary/aromatic N) is 1. The van der Waals surface area contributed by atoms with Crippen LogP contribution in [-0.2, 0) is 6.61 Å². The van der Waals surface area contributed by atoms with Crippen LogP contribution in [-0.4, -0.2) is 18.0 Å². The Hall–Kier alpha value is -3.65. The van der Waals surface area contributed by atoms with Crippen molar-refractivity contribution in [2.45, 2.75) is 13.5 Å². The number of hydrogen-bond acceptors (Lipinski definition) is 6. The number of amides is 1. The fourth-order valence-electron chi connectivity index (χ4n) is 2.95. The van der Waals surface area contributed by atoms with Gasteiger partial charge in [-0.1, -0.05) is 12.1 Å². The zero-order valence-electron chi connectivity index (χ0n) is 16.8. The Morgan fingerprint density at radius 3 is 2.58 bits per heavy atom. The number of carbonyl (C=O) groups excluding carboxylic acids is 1. The molecular weight excluding hydrogens is 419 g/mol. The molecule has 2 aromatic carbocycles. The van der Waals surface area contributed by atoms with Gasteiger partial charge in [-0.2, -0.15) is 0 Å². The van der Waals surface area contributed by atoms with Crippen molar-refractivity contribution < 1.29 is 23.1 Å². The van der Waals surface area contributed by atoms with Crippen LogP contribution >= 0.6 is 11.3 Å². The number of ether oxygens (including phenoxy) is 2. The van der Waals surface area contributed by atoms with Crippen molar-refractivity contribution in [2.24, 2.45) is 0 Å². The van der Waals surface area contributed by atoms with E-state index < -0.39 is 5.91 Å². The van der Waals surface area contributed by atoms with Gasteiger partial charge >= 0.3 is 0 Å². The van der Waals surface area contributed by atoms with Crippen molar-refractivity contribution in [1.82, 2.24) is 4.98 Å². The lowest BCUT2D eigenvalue weighted by molar-refractivity contribution is 0.0992. The highest BCUT2D eigenvalue weighted by Gasteiger charge is 2.16. The van der Waals surface area contributed by atoms with Gasteiger partial charge in [0.2, 0.25) is 0 Å². The van der Waals surface area contributed by atoms with Crippen LogP contribution in [0.25, 0.3) is 11.3 Å². The Morgan fingerprint density at radius 1 is 1.10 bits per heavy atom. The monoisotopic (exact) mass is 438 g/mol. The van der Waals surface area contributed by atoms with E-state index in [-0.39, 0.29) is 18.2 Å². The molecule has 0 bridgehead atoms. The number of halogens is 1. The molecule has 0 aliphatic rings. The minimum atomic E-state index is -0.414. The second-order valence-corrected chi connectivity index (χ2v) is 7.79. The third kappa shape index (κ3) is 4.75. The van der Waals surface area contributed by atoms with Crippen LogP contribution < -0.4 is 14.8 Å². The van der Waals surface area contributed by atoms with E-state index >= 15 is 0 Å². The van der Waals surface area contributed by atoms with Crippen LogP contribution in [0.15, 0.2) is 65.1 Å². The number of benzene rings is 2. The van der Waals surface area contributed by atoms with Crippen LogP contribution in [0, 0.1) is 12.7 Å². The summed E-state index contributed by atoms with van der Waals surface area (Å²) in [7, 11) is 1.57. The molecule has 0 radical (unpaired) electrons. The summed E-state index contributed by atoms with van der Waals surface area (Å²) >= 11 is 1.34. The Bertz CT molecular complexity index is 1200. The molecule has 1 amide bonds. The molecular formula is C23H19FN2O4S. The van der Waals surface area contributed by atoms with E-state index in [0.717, 1.165) is 10.4 Å². The summed E-state index contributed by atoms with van der Waals surface area (Å²) in [4.78, 5) is 17.9. The highest BCUT2D eigenvalue weighted by Crippen LogP contribution is 2.31. The molecule has 0 unspecified atom stereocenters. The van der Waals surface area contributed by atoms with E-state index in [9.17, 15) is 9.18 Å². The van der Waals surface area contributed by atoms with Gasteiger partial charge in [0.1, 0.15) is 18.2 Å². The number of carbonyl (C=O) groups is 1. The molecule has 2 heterocycles. The molecule has 6 nitrogen and oxygen atoms in total. The van der Waals surface area contributed by atoms with Crippen molar-refractivity contribution in [3.05, 3.63) is 82.9 Å². The summed E-state index contributed by atoms with van der Waals surface area (Å²) in [6.07, 6.45) is 0. The summed E-state index contributed by atoms with van der Waals surface area (Å²) < 4.78 is 29.7. The average molecular weight is 438 g/mol. The molecule has 0 fully saturated rings. The Balaban J connectivity index is 1.41. The highest BCUT2D eigenvalue weighted by molar-refractivity contribution is 7.16. The molecule has 0 aliphatic carbocycles. The predicted molar refractivity (Wildman–Crippen MR) is 116 cm³/mol. The van der Waals surface area contributed by atoms with Gasteiger partial charge in [0.05, 0.1) is 12.8 Å². The average Bonchev–Trinajstić information content (AvgIpc) is 3.39. The topological polar surface area (TPSA) is 73.6 Å². The molecule has 1 N–H and O–H groups in total. The highest BCUT2D eigenvalue weighted by atomic mass is 32.1. The number of para-hydroxylation sites is 2. The summed E-state index contributed by atoms with van der Waals surface area (Å²) in [6, 6.07) is 16.6. The summed E-state index contributed by atoms with van der Waals surface area (Å²) in [5, 5.41) is 3.18. The first-order valence-corrected chi connectivity index (χ1v) is 10.2. The molecule has 0 saturated heterocycles. The molecule has 4 rings (SSSR count). The smallest absolute Gasteiger partial charge is 0.293 e. The van der Waals surface area contributed by atoms with E-state index in [2.05, 4.69) is 10.3 Å². The normalized spacial score (nSPS) is 10.7. The SMILES string of the molecule is COc1ccccc1OCc1ccc(C(=O)Nc2nc(-c3ccc(F)cc3)c(C)s2)o1. The van der Waals surface area contributed by atoms with Crippen molar-refractivity contribution >= 4 is 22.4 Å². The lowest BCUT2D eigenvalue weighted by Crippen LogP contribution is -2.10. The minimum Gasteiger partial charge on any atom is -0.493 e. The van der Waals surface area contributed by atoms with Gasteiger partial charge in [0, 0.05) is 10.4 Å². The number of anilines is 1. The molecule has 0 atom stereocenters. The largest absolute Gasteiger partial charge is 0.493 e. The van der Waals surface area contributed by atoms with Crippen LogP contribution in [0.4, 0.5) is 9.52 Å². The lowest BCUT2D eigenvalue weighted by atomic mass is 10.1. The number of aromatic nitrogens is 1. The molecule has 31 heavy (non-hydrogen) atoms. The number of hydrogen-bond donors (Lipinski definition) is 1. The van der Waals surface area contributed by atoms with Crippen molar-refractivity contribution in [3.8, 4) is 22.8 Å². The van der Waals surface area contributed by atoms with Crippen LogP contribution in [0.3, 0.4) is 0 Å². The summed E-state index contributed by atoms with van der Waals surface area (Å²) in [5.41, 5.74) is 1.48. The number of aryl methyl sites for hydroxylation is 1. The molecule has 158 valence electrons. The molecule has 0 spiro atoms. The molecule has 8 heteroatoms.